The van der Waals surface area contributed by atoms with Crippen LogP contribution >= 0.6 is 0 Å². The molecule has 0 heterocycles. The number of hydrogen-bond donors (Lipinski definition) is 2. The molecule has 4 nitrogen and oxygen atoms in total. The molecule has 2 N–H and O–H groups in total. The summed E-state index contributed by atoms with van der Waals surface area (Å²) in [5.41, 5.74) is 3.45. The van der Waals surface area contributed by atoms with Crippen LogP contribution in [0.3, 0.4) is 0 Å². The number of para-hydroxylation sites is 1. The van der Waals surface area contributed by atoms with Crippen LogP contribution < -0.4 is 10.4 Å². The van der Waals surface area contributed by atoms with Gasteiger partial charge in [-0.15, -0.1) is 0 Å². The van der Waals surface area contributed by atoms with E-state index in [2.05, 4.69) is 12.0 Å². The van der Waals surface area contributed by atoms with Crippen molar-refractivity contribution in [2.24, 2.45) is 0 Å². The summed E-state index contributed by atoms with van der Waals surface area (Å²) in [6.07, 6.45) is 0. The number of nitrogens with one attached hydrogen (secondary N) is 1. The van der Waals surface area contributed by atoms with Gasteiger partial charge in [0.05, 0.1) is 5.69 Å². The largest absolute Gasteiger partial charge is 0.477 e. The molecule has 1 rings (SSSR count). The van der Waals surface area contributed by atoms with Gasteiger partial charge in [0, 0.05) is 7.05 Å². The maximum Gasteiger partial charge on any atom is 0.353 e. The van der Waals surface area contributed by atoms with Crippen LogP contribution in [0.5, 0.6) is 0 Å². The predicted molar refractivity (Wildman–Crippen MR) is 54.8 cm³/mol. The Morgan fingerprint density at radius 2 is 2.00 bits per heavy atom. The van der Waals surface area contributed by atoms with Crippen LogP contribution in [-0.2, 0) is 4.79 Å². The fraction of sp³-hybridized carbons (Fsp3) is 0.100. The van der Waals surface area contributed by atoms with E-state index in [-0.39, 0.29) is 5.70 Å². The van der Waals surface area contributed by atoms with Crippen LogP contribution in [0.2, 0.25) is 0 Å². The van der Waals surface area contributed by atoms with Gasteiger partial charge in [0.25, 0.3) is 0 Å². The third-order valence-electron chi connectivity index (χ3n) is 1.70. The zero-order valence-electron chi connectivity index (χ0n) is 7.90. The molecule has 0 atom stereocenters. The average molecular weight is 192 g/mol. The zero-order valence-corrected chi connectivity index (χ0v) is 7.90. The van der Waals surface area contributed by atoms with Crippen molar-refractivity contribution in [3.05, 3.63) is 42.6 Å². The molecule has 0 aromatic heterocycles. The number of benzene rings is 1. The minimum absolute atomic E-state index is 0.0589. The Balaban J connectivity index is 2.64. The van der Waals surface area contributed by atoms with Gasteiger partial charge in [-0.05, 0) is 12.1 Å². The number of nitrogens with zero attached hydrogens (tertiary/aromatic N) is 1. The summed E-state index contributed by atoms with van der Waals surface area (Å²) in [6.45, 7) is 3.37. The van der Waals surface area contributed by atoms with Crippen molar-refractivity contribution in [3.63, 3.8) is 0 Å². The quantitative estimate of drug-likeness (QED) is 0.556. The number of carboxylic acids is 1. The SMILES string of the molecule is C=C(NN(C)c1ccccc1)C(=O)O. The summed E-state index contributed by atoms with van der Waals surface area (Å²) >= 11 is 0. The molecule has 0 aliphatic carbocycles. The number of aliphatic carboxylic acids is 1. The maximum absolute atomic E-state index is 10.5. The highest BCUT2D eigenvalue weighted by Crippen LogP contribution is 2.08. The molecule has 0 radical (unpaired) electrons. The van der Waals surface area contributed by atoms with E-state index in [1.54, 1.807) is 12.1 Å². The van der Waals surface area contributed by atoms with E-state index in [0.29, 0.717) is 0 Å². The summed E-state index contributed by atoms with van der Waals surface area (Å²) in [5, 5.41) is 10.2. The Bertz CT molecular complexity index is 335. The summed E-state index contributed by atoms with van der Waals surface area (Å²) in [6, 6.07) is 9.36. The molecule has 0 aliphatic heterocycles. The molecule has 0 saturated carbocycles. The van der Waals surface area contributed by atoms with Gasteiger partial charge in [-0.1, -0.05) is 24.8 Å². The lowest BCUT2D eigenvalue weighted by atomic mass is 10.3. The Labute approximate surface area is 82.4 Å². The molecule has 0 unspecified atom stereocenters. The second-order valence-corrected chi connectivity index (χ2v) is 2.79. The van der Waals surface area contributed by atoms with Gasteiger partial charge in [0.2, 0.25) is 0 Å². The van der Waals surface area contributed by atoms with Crippen LogP contribution in [0.4, 0.5) is 5.69 Å². The Morgan fingerprint density at radius 3 is 2.50 bits per heavy atom. The number of carboxylic acid groups (broad SMARTS) is 1. The topological polar surface area (TPSA) is 52.6 Å². The van der Waals surface area contributed by atoms with Crippen molar-refractivity contribution in [1.29, 1.82) is 0 Å². The van der Waals surface area contributed by atoms with Crippen molar-refractivity contribution in [3.8, 4) is 0 Å². The van der Waals surface area contributed by atoms with E-state index < -0.39 is 5.97 Å². The molecule has 0 aliphatic rings. The molecule has 0 saturated heterocycles. The molecule has 4 heteroatoms. The van der Waals surface area contributed by atoms with E-state index in [1.807, 2.05) is 30.3 Å². The van der Waals surface area contributed by atoms with Crippen LogP contribution in [-0.4, -0.2) is 18.1 Å². The summed E-state index contributed by atoms with van der Waals surface area (Å²) < 4.78 is 0. The number of hydrazine groups is 1. The standard InChI is InChI=1S/C10H12N2O2/c1-8(10(13)14)11-12(2)9-6-4-3-5-7-9/h3-7,11H,1H2,2H3,(H,13,14). The summed E-state index contributed by atoms with van der Waals surface area (Å²) in [5.74, 6) is -1.06. The van der Waals surface area contributed by atoms with Crippen molar-refractivity contribution >= 4 is 11.7 Å². The van der Waals surface area contributed by atoms with E-state index >= 15 is 0 Å². The lowest BCUT2D eigenvalue weighted by Crippen LogP contribution is -2.35. The monoisotopic (exact) mass is 192 g/mol. The maximum atomic E-state index is 10.5. The number of anilines is 1. The first-order valence-corrected chi connectivity index (χ1v) is 4.09. The van der Waals surface area contributed by atoms with Crippen LogP contribution in [0, 0.1) is 0 Å². The Morgan fingerprint density at radius 1 is 1.43 bits per heavy atom. The van der Waals surface area contributed by atoms with Crippen LogP contribution in [0.25, 0.3) is 0 Å². The van der Waals surface area contributed by atoms with Gasteiger partial charge < -0.3 is 5.11 Å². The summed E-state index contributed by atoms with van der Waals surface area (Å²) in [4.78, 5) is 10.5. The lowest BCUT2D eigenvalue weighted by Gasteiger charge is -2.20. The van der Waals surface area contributed by atoms with Crippen molar-refractivity contribution < 1.29 is 9.90 Å². The highest BCUT2D eigenvalue weighted by molar-refractivity contribution is 5.85. The molecule has 74 valence electrons. The van der Waals surface area contributed by atoms with Crippen molar-refractivity contribution in [1.82, 2.24) is 5.43 Å². The van der Waals surface area contributed by atoms with Gasteiger partial charge in [-0.2, -0.15) is 0 Å². The summed E-state index contributed by atoms with van der Waals surface area (Å²) in [7, 11) is 1.73. The minimum atomic E-state index is -1.06. The highest BCUT2D eigenvalue weighted by atomic mass is 16.4. The molecule has 14 heavy (non-hydrogen) atoms. The number of rotatable bonds is 4. The van der Waals surface area contributed by atoms with Gasteiger partial charge in [-0.3, -0.25) is 10.4 Å². The Hall–Kier alpha value is -1.97. The van der Waals surface area contributed by atoms with Gasteiger partial charge in [0.15, 0.2) is 0 Å². The zero-order chi connectivity index (χ0) is 10.6. The normalized spacial score (nSPS) is 9.21. The first-order chi connectivity index (χ1) is 6.61. The van der Waals surface area contributed by atoms with E-state index in [4.69, 9.17) is 5.11 Å². The molecule has 0 spiro atoms. The molecule has 1 aromatic carbocycles. The fourth-order valence-corrected chi connectivity index (χ4v) is 0.966. The lowest BCUT2D eigenvalue weighted by molar-refractivity contribution is -0.133. The smallest absolute Gasteiger partial charge is 0.353 e. The van der Waals surface area contributed by atoms with Crippen LogP contribution in [0.1, 0.15) is 0 Å². The molecule has 0 amide bonds. The van der Waals surface area contributed by atoms with Gasteiger partial charge in [-0.25, -0.2) is 4.79 Å². The molecule has 1 aromatic rings. The molecule has 0 bridgehead atoms. The second kappa shape index (κ2) is 4.32. The fourth-order valence-electron chi connectivity index (χ4n) is 0.966. The van der Waals surface area contributed by atoms with Crippen molar-refractivity contribution in [2.75, 3.05) is 12.1 Å². The number of hydrogen-bond acceptors (Lipinski definition) is 3. The van der Waals surface area contributed by atoms with Crippen LogP contribution in [0.15, 0.2) is 42.6 Å². The first-order valence-electron chi connectivity index (χ1n) is 4.09. The minimum Gasteiger partial charge on any atom is -0.477 e. The third kappa shape index (κ3) is 2.52. The van der Waals surface area contributed by atoms with E-state index in [0.717, 1.165) is 5.69 Å². The Kier molecular flexibility index (Phi) is 3.12. The van der Waals surface area contributed by atoms with E-state index in [9.17, 15) is 4.79 Å². The van der Waals surface area contributed by atoms with Gasteiger partial charge >= 0.3 is 5.97 Å². The average Bonchev–Trinajstić information content (AvgIpc) is 2.19. The first kappa shape index (κ1) is 10.1. The van der Waals surface area contributed by atoms with Crippen molar-refractivity contribution in [2.45, 2.75) is 0 Å². The molecular formula is C10H12N2O2. The predicted octanol–water partition coefficient (Wildman–Crippen LogP) is 1.23. The molecule has 0 fully saturated rings. The number of carbonyl (C=O) groups is 1. The third-order valence-corrected chi connectivity index (χ3v) is 1.70. The van der Waals surface area contributed by atoms with Gasteiger partial charge in [0.1, 0.15) is 5.70 Å². The molecular weight excluding hydrogens is 180 g/mol. The van der Waals surface area contributed by atoms with E-state index in [1.165, 1.54) is 0 Å². The second-order valence-electron chi connectivity index (χ2n) is 2.79. The highest BCUT2D eigenvalue weighted by Gasteiger charge is 2.05.